The molecule has 0 spiro atoms. The molecule has 2 N–H and O–H groups in total. The molecule has 2 aromatic rings. The summed E-state index contributed by atoms with van der Waals surface area (Å²) >= 11 is 0. The van der Waals surface area contributed by atoms with E-state index < -0.39 is 10.7 Å². The Morgan fingerprint density at radius 3 is 2.57 bits per heavy atom. The highest BCUT2D eigenvalue weighted by Crippen LogP contribution is 2.32. The van der Waals surface area contributed by atoms with Crippen LogP contribution in [0.5, 0.6) is 11.5 Å². The number of halogens is 1. The van der Waals surface area contributed by atoms with E-state index in [1.807, 2.05) is 19.1 Å². The molecule has 6 heteroatoms. The van der Waals surface area contributed by atoms with Crippen LogP contribution in [0.1, 0.15) is 16.7 Å². The summed E-state index contributed by atoms with van der Waals surface area (Å²) in [5.41, 5.74) is 7.46. The molecule has 0 amide bonds. The van der Waals surface area contributed by atoms with Crippen LogP contribution >= 0.6 is 0 Å². The number of rotatable bonds is 4. The molecule has 0 unspecified atom stereocenters. The Balaban J connectivity index is 2.41. The Bertz CT molecular complexity index is 702. The third-order valence-corrected chi connectivity index (χ3v) is 3.10. The lowest BCUT2D eigenvalue weighted by atomic mass is 10.1. The van der Waals surface area contributed by atoms with Crippen molar-refractivity contribution in [3.63, 3.8) is 0 Å². The first-order valence-corrected chi connectivity index (χ1v) is 6.34. The van der Waals surface area contributed by atoms with E-state index in [1.54, 1.807) is 6.07 Å². The number of nitro benzene ring substituents is 1. The summed E-state index contributed by atoms with van der Waals surface area (Å²) in [7, 11) is 0. The zero-order valence-electron chi connectivity index (χ0n) is 11.7. The van der Waals surface area contributed by atoms with E-state index in [0.717, 1.165) is 17.2 Å². The van der Waals surface area contributed by atoms with Crippen molar-refractivity contribution in [3.05, 3.63) is 63.0 Å². The molecule has 0 saturated carbocycles. The van der Waals surface area contributed by atoms with E-state index >= 15 is 0 Å². The minimum Gasteiger partial charge on any atom is -0.454 e. The van der Waals surface area contributed by atoms with Gasteiger partial charge in [-0.2, -0.15) is 0 Å². The number of nitro groups is 1. The van der Waals surface area contributed by atoms with Crippen LogP contribution in [0.3, 0.4) is 0 Å². The van der Waals surface area contributed by atoms with Crippen molar-refractivity contribution in [2.24, 2.45) is 5.73 Å². The van der Waals surface area contributed by atoms with Crippen LogP contribution < -0.4 is 10.5 Å². The van der Waals surface area contributed by atoms with Gasteiger partial charge in [0.25, 0.3) is 5.69 Å². The summed E-state index contributed by atoms with van der Waals surface area (Å²) in [6.07, 6.45) is 0. The highest BCUT2D eigenvalue weighted by atomic mass is 19.1. The van der Waals surface area contributed by atoms with Gasteiger partial charge in [0.1, 0.15) is 5.75 Å². The van der Waals surface area contributed by atoms with Crippen molar-refractivity contribution in [3.8, 4) is 11.5 Å². The monoisotopic (exact) mass is 290 g/mol. The van der Waals surface area contributed by atoms with E-state index in [-0.39, 0.29) is 18.0 Å². The van der Waals surface area contributed by atoms with Crippen LogP contribution in [0, 0.1) is 29.8 Å². The van der Waals surface area contributed by atoms with Crippen LogP contribution in [0.25, 0.3) is 0 Å². The van der Waals surface area contributed by atoms with E-state index in [9.17, 15) is 14.5 Å². The van der Waals surface area contributed by atoms with Crippen molar-refractivity contribution >= 4 is 5.69 Å². The number of nitrogens with zero attached hydrogens (tertiary/aromatic N) is 1. The van der Waals surface area contributed by atoms with Gasteiger partial charge in [0, 0.05) is 17.7 Å². The first-order valence-electron chi connectivity index (χ1n) is 6.34. The molecule has 21 heavy (non-hydrogen) atoms. The highest BCUT2D eigenvalue weighted by molar-refractivity contribution is 5.48. The van der Waals surface area contributed by atoms with E-state index in [1.165, 1.54) is 13.0 Å². The molecule has 0 radical (unpaired) electrons. The van der Waals surface area contributed by atoms with Gasteiger partial charge in [-0.3, -0.25) is 10.1 Å². The summed E-state index contributed by atoms with van der Waals surface area (Å²) in [5, 5.41) is 10.8. The number of benzene rings is 2. The van der Waals surface area contributed by atoms with Gasteiger partial charge in [-0.25, -0.2) is 4.39 Å². The molecule has 0 aliphatic heterocycles. The van der Waals surface area contributed by atoms with Gasteiger partial charge in [-0.1, -0.05) is 17.7 Å². The van der Waals surface area contributed by atoms with Gasteiger partial charge in [0.15, 0.2) is 11.6 Å². The molecular formula is C15H15FN2O3. The van der Waals surface area contributed by atoms with Crippen LogP contribution in [0.15, 0.2) is 30.3 Å². The average Bonchev–Trinajstić information content (AvgIpc) is 2.43. The first-order chi connectivity index (χ1) is 9.92. The lowest BCUT2D eigenvalue weighted by Crippen LogP contribution is -2.01. The summed E-state index contributed by atoms with van der Waals surface area (Å²) in [6, 6.07) is 7.55. The second kappa shape index (κ2) is 5.88. The fourth-order valence-electron chi connectivity index (χ4n) is 2.01. The molecule has 110 valence electrons. The maximum Gasteiger partial charge on any atom is 0.275 e. The number of ether oxygens (including phenoxy) is 1. The van der Waals surface area contributed by atoms with Crippen LogP contribution in [-0.2, 0) is 6.54 Å². The Morgan fingerprint density at radius 1 is 1.24 bits per heavy atom. The average molecular weight is 290 g/mol. The largest absolute Gasteiger partial charge is 0.454 e. The van der Waals surface area contributed by atoms with E-state index in [0.29, 0.717) is 11.3 Å². The molecule has 0 aromatic heterocycles. The van der Waals surface area contributed by atoms with Gasteiger partial charge < -0.3 is 10.5 Å². The van der Waals surface area contributed by atoms with Gasteiger partial charge in [-0.05, 0) is 26.0 Å². The fraction of sp³-hybridized carbons (Fsp3) is 0.200. The second-order valence-electron chi connectivity index (χ2n) is 4.74. The lowest BCUT2D eigenvalue weighted by Gasteiger charge is -2.12. The fourth-order valence-corrected chi connectivity index (χ4v) is 2.01. The third-order valence-electron chi connectivity index (χ3n) is 3.10. The number of hydrogen-bond donors (Lipinski definition) is 1. The Hall–Kier alpha value is -2.47. The lowest BCUT2D eigenvalue weighted by molar-refractivity contribution is -0.385. The minimum atomic E-state index is -0.782. The van der Waals surface area contributed by atoms with Gasteiger partial charge in [-0.15, -0.1) is 0 Å². The normalized spacial score (nSPS) is 10.5. The predicted molar refractivity (Wildman–Crippen MR) is 76.9 cm³/mol. The summed E-state index contributed by atoms with van der Waals surface area (Å²) < 4.78 is 19.5. The molecule has 0 saturated heterocycles. The molecule has 0 fully saturated rings. The first kappa shape index (κ1) is 14.9. The molecule has 0 atom stereocenters. The standard InChI is InChI=1S/C15H15FN2O3/c1-9-3-4-14(11(5-9)8-17)21-15-6-10(2)13(18(19)20)7-12(15)16/h3-7H,8,17H2,1-2H3. The number of hydrogen-bond acceptors (Lipinski definition) is 4. The quantitative estimate of drug-likeness (QED) is 0.689. The van der Waals surface area contributed by atoms with Crippen molar-refractivity contribution < 1.29 is 14.1 Å². The Kier molecular flexibility index (Phi) is 4.18. The van der Waals surface area contributed by atoms with Crippen LogP contribution in [-0.4, -0.2) is 4.92 Å². The zero-order chi connectivity index (χ0) is 15.6. The Morgan fingerprint density at radius 2 is 1.95 bits per heavy atom. The second-order valence-corrected chi connectivity index (χ2v) is 4.74. The number of aryl methyl sites for hydroxylation is 2. The molecule has 5 nitrogen and oxygen atoms in total. The number of nitrogens with two attached hydrogens (primary N) is 1. The van der Waals surface area contributed by atoms with Crippen LogP contribution in [0.4, 0.5) is 10.1 Å². The van der Waals surface area contributed by atoms with Gasteiger partial charge >= 0.3 is 0 Å². The van der Waals surface area contributed by atoms with Crippen molar-refractivity contribution in [1.82, 2.24) is 0 Å². The minimum absolute atomic E-state index is 0.0587. The van der Waals surface area contributed by atoms with E-state index in [4.69, 9.17) is 10.5 Å². The molecule has 2 rings (SSSR count). The molecule has 0 heterocycles. The Labute approximate surface area is 121 Å². The maximum atomic E-state index is 13.9. The summed E-state index contributed by atoms with van der Waals surface area (Å²) in [5.74, 6) is -0.400. The molecule has 2 aromatic carbocycles. The summed E-state index contributed by atoms with van der Waals surface area (Å²) in [4.78, 5) is 10.1. The SMILES string of the molecule is Cc1ccc(Oc2cc(C)c([N+](=O)[O-])cc2F)c(CN)c1. The molecular weight excluding hydrogens is 275 g/mol. The van der Waals surface area contributed by atoms with E-state index in [2.05, 4.69) is 0 Å². The molecule has 0 aliphatic rings. The molecule has 0 aliphatic carbocycles. The van der Waals surface area contributed by atoms with Gasteiger partial charge in [0.05, 0.1) is 11.0 Å². The molecule has 0 bridgehead atoms. The topological polar surface area (TPSA) is 78.4 Å². The predicted octanol–water partition coefficient (Wildman–Crippen LogP) is 3.60. The van der Waals surface area contributed by atoms with Crippen molar-refractivity contribution in [1.29, 1.82) is 0 Å². The smallest absolute Gasteiger partial charge is 0.275 e. The summed E-state index contributed by atoms with van der Waals surface area (Å²) in [6.45, 7) is 3.70. The third kappa shape index (κ3) is 3.17. The van der Waals surface area contributed by atoms with Gasteiger partial charge in [0.2, 0.25) is 0 Å². The maximum absolute atomic E-state index is 13.9. The van der Waals surface area contributed by atoms with Crippen molar-refractivity contribution in [2.45, 2.75) is 20.4 Å². The highest BCUT2D eigenvalue weighted by Gasteiger charge is 2.17. The van der Waals surface area contributed by atoms with Crippen LogP contribution in [0.2, 0.25) is 0 Å². The van der Waals surface area contributed by atoms with Crippen molar-refractivity contribution in [2.75, 3.05) is 0 Å². The zero-order valence-corrected chi connectivity index (χ0v) is 11.7.